The highest BCUT2D eigenvalue weighted by Crippen LogP contribution is 2.13. The molecule has 0 aliphatic rings. The Bertz CT molecular complexity index is 563. The number of carbonyl (C=O) groups excluding carboxylic acids is 1. The molecule has 21 heavy (non-hydrogen) atoms. The normalized spacial score (nSPS) is 10.4. The Morgan fingerprint density at radius 3 is 2.62 bits per heavy atom. The van der Waals surface area contributed by atoms with Crippen LogP contribution in [0.4, 0.5) is 5.69 Å². The number of anilines is 1. The molecular formula is C17H22N2O2. The van der Waals surface area contributed by atoms with Crippen molar-refractivity contribution in [3.05, 3.63) is 54.0 Å². The Morgan fingerprint density at radius 2 is 2.00 bits per heavy atom. The van der Waals surface area contributed by atoms with Crippen LogP contribution in [0.1, 0.15) is 29.5 Å². The molecule has 0 aliphatic heterocycles. The lowest BCUT2D eigenvalue weighted by molar-refractivity contribution is 0.0925. The van der Waals surface area contributed by atoms with E-state index in [4.69, 9.17) is 4.42 Å². The number of carbonyl (C=O) groups is 1. The molecule has 2 rings (SSSR count). The van der Waals surface area contributed by atoms with Crippen molar-refractivity contribution in [1.29, 1.82) is 0 Å². The minimum Gasteiger partial charge on any atom is -0.459 e. The van der Waals surface area contributed by atoms with Crippen molar-refractivity contribution < 1.29 is 9.21 Å². The van der Waals surface area contributed by atoms with Crippen molar-refractivity contribution in [2.45, 2.75) is 20.3 Å². The monoisotopic (exact) mass is 286 g/mol. The summed E-state index contributed by atoms with van der Waals surface area (Å²) in [5, 5.41) is 2.90. The second kappa shape index (κ2) is 7.53. The van der Waals surface area contributed by atoms with Crippen LogP contribution in [-0.2, 0) is 0 Å². The molecule has 1 aromatic heterocycles. The molecule has 1 amide bonds. The average molecular weight is 286 g/mol. The summed E-state index contributed by atoms with van der Waals surface area (Å²) in [6.07, 6.45) is 2.44. The van der Waals surface area contributed by atoms with Crippen LogP contribution in [0.25, 0.3) is 0 Å². The highest BCUT2D eigenvalue weighted by Gasteiger charge is 2.11. The largest absolute Gasteiger partial charge is 0.459 e. The van der Waals surface area contributed by atoms with E-state index in [1.165, 1.54) is 5.69 Å². The second-order valence-corrected chi connectivity index (χ2v) is 4.96. The molecule has 0 fully saturated rings. The molecule has 0 aliphatic carbocycles. The number of hydrogen-bond acceptors (Lipinski definition) is 3. The Kier molecular flexibility index (Phi) is 5.43. The van der Waals surface area contributed by atoms with Gasteiger partial charge in [-0.25, -0.2) is 0 Å². The minimum absolute atomic E-state index is 0.139. The summed E-state index contributed by atoms with van der Waals surface area (Å²) < 4.78 is 5.17. The number of amides is 1. The Morgan fingerprint density at radius 1 is 1.24 bits per heavy atom. The maximum atomic E-state index is 11.9. The topological polar surface area (TPSA) is 45.5 Å². The zero-order valence-electron chi connectivity index (χ0n) is 12.6. The lowest BCUT2D eigenvalue weighted by atomic mass is 10.2. The van der Waals surface area contributed by atoms with Crippen molar-refractivity contribution in [2.24, 2.45) is 0 Å². The van der Waals surface area contributed by atoms with Crippen LogP contribution >= 0.6 is 0 Å². The third-order valence-electron chi connectivity index (χ3n) is 3.46. The number of rotatable bonds is 7. The van der Waals surface area contributed by atoms with Gasteiger partial charge in [0, 0.05) is 30.9 Å². The number of hydrogen-bond donors (Lipinski definition) is 1. The van der Waals surface area contributed by atoms with Crippen molar-refractivity contribution in [3.8, 4) is 0 Å². The standard InChI is InChI=1S/C17H22N2O2/c1-3-19(15-8-5-4-6-9-15)12-7-11-18-17(20)16-14(2)10-13-21-16/h4-6,8-10,13H,3,7,11-12H2,1-2H3,(H,18,20). The van der Waals surface area contributed by atoms with Gasteiger partial charge in [0.15, 0.2) is 5.76 Å². The maximum absolute atomic E-state index is 11.9. The van der Waals surface area contributed by atoms with Gasteiger partial charge < -0.3 is 14.6 Å². The molecule has 0 saturated heterocycles. The Balaban J connectivity index is 1.76. The minimum atomic E-state index is -0.139. The first-order valence-electron chi connectivity index (χ1n) is 7.34. The fourth-order valence-corrected chi connectivity index (χ4v) is 2.27. The maximum Gasteiger partial charge on any atom is 0.287 e. The second-order valence-electron chi connectivity index (χ2n) is 4.96. The van der Waals surface area contributed by atoms with Gasteiger partial charge in [0.25, 0.3) is 5.91 Å². The van der Waals surface area contributed by atoms with Gasteiger partial charge >= 0.3 is 0 Å². The van der Waals surface area contributed by atoms with E-state index in [1.807, 2.05) is 25.1 Å². The molecule has 1 aromatic carbocycles. The zero-order chi connectivity index (χ0) is 15.1. The van der Waals surface area contributed by atoms with Gasteiger partial charge in [-0.2, -0.15) is 0 Å². The predicted molar refractivity (Wildman–Crippen MR) is 84.7 cm³/mol. The number of benzene rings is 1. The highest BCUT2D eigenvalue weighted by atomic mass is 16.3. The smallest absolute Gasteiger partial charge is 0.287 e. The summed E-state index contributed by atoms with van der Waals surface area (Å²) in [4.78, 5) is 14.2. The fourth-order valence-electron chi connectivity index (χ4n) is 2.27. The Hall–Kier alpha value is -2.23. The van der Waals surface area contributed by atoms with Crippen molar-refractivity contribution in [1.82, 2.24) is 5.32 Å². The van der Waals surface area contributed by atoms with E-state index < -0.39 is 0 Å². The molecule has 0 atom stereocenters. The van der Waals surface area contributed by atoms with E-state index in [9.17, 15) is 4.79 Å². The van der Waals surface area contributed by atoms with Crippen molar-refractivity contribution in [3.63, 3.8) is 0 Å². The van der Waals surface area contributed by atoms with E-state index in [2.05, 4.69) is 29.3 Å². The Labute approximate surface area is 125 Å². The van der Waals surface area contributed by atoms with Gasteiger partial charge in [-0.1, -0.05) is 18.2 Å². The predicted octanol–water partition coefficient (Wildman–Crippen LogP) is 3.23. The molecular weight excluding hydrogens is 264 g/mol. The first-order chi connectivity index (χ1) is 10.2. The molecule has 1 N–H and O–H groups in total. The third-order valence-corrected chi connectivity index (χ3v) is 3.46. The van der Waals surface area contributed by atoms with Gasteiger partial charge in [-0.15, -0.1) is 0 Å². The van der Waals surface area contributed by atoms with Crippen molar-refractivity contribution >= 4 is 11.6 Å². The molecule has 2 aromatic rings. The summed E-state index contributed by atoms with van der Waals surface area (Å²) in [6.45, 7) is 6.51. The molecule has 1 heterocycles. The van der Waals surface area contributed by atoms with Crippen LogP contribution in [0.2, 0.25) is 0 Å². The SMILES string of the molecule is CCN(CCCNC(=O)c1occc1C)c1ccccc1. The van der Waals surface area contributed by atoms with Crippen LogP contribution < -0.4 is 10.2 Å². The summed E-state index contributed by atoms with van der Waals surface area (Å²) in [5.74, 6) is 0.269. The average Bonchev–Trinajstić information content (AvgIpc) is 2.94. The van der Waals surface area contributed by atoms with E-state index >= 15 is 0 Å². The van der Waals surface area contributed by atoms with Crippen LogP contribution in [-0.4, -0.2) is 25.5 Å². The van der Waals surface area contributed by atoms with E-state index in [0.29, 0.717) is 12.3 Å². The van der Waals surface area contributed by atoms with Gasteiger partial charge in [-0.05, 0) is 38.5 Å². The molecule has 4 heteroatoms. The lowest BCUT2D eigenvalue weighted by Gasteiger charge is -2.23. The molecule has 0 spiro atoms. The van der Waals surface area contributed by atoms with Crippen LogP contribution in [0.5, 0.6) is 0 Å². The van der Waals surface area contributed by atoms with Crippen molar-refractivity contribution in [2.75, 3.05) is 24.5 Å². The van der Waals surface area contributed by atoms with E-state index in [0.717, 1.165) is 25.1 Å². The third kappa shape index (κ3) is 4.12. The summed E-state index contributed by atoms with van der Waals surface area (Å²) in [5.41, 5.74) is 2.08. The van der Waals surface area contributed by atoms with E-state index in [1.54, 1.807) is 12.3 Å². The lowest BCUT2D eigenvalue weighted by Crippen LogP contribution is -2.30. The quantitative estimate of drug-likeness (QED) is 0.795. The van der Waals surface area contributed by atoms with Crippen LogP contribution in [0.15, 0.2) is 47.1 Å². The van der Waals surface area contributed by atoms with Gasteiger partial charge in [0.05, 0.1) is 6.26 Å². The molecule has 4 nitrogen and oxygen atoms in total. The van der Waals surface area contributed by atoms with Gasteiger partial charge in [0.1, 0.15) is 0 Å². The van der Waals surface area contributed by atoms with Crippen LogP contribution in [0, 0.1) is 6.92 Å². The molecule has 0 bridgehead atoms. The number of nitrogens with one attached hydrogen (secondary N) is 1. The van der Waals surface area contributed by atoms with Gasteiger partial charge in [0.2, 0.25) is 0 Å². The molecule has 112 valence electrons. The number of furan rings is 1. The van der Waals surface area contributed by atoms with Gasteiger partial charge in [-0.3, -0.25) is 4.79 Å². The number of nitrogens with zero attached hydrogens (tertiary/aromatic N) is 1. The fraction of sp³-hybridized carbons (Fsp3) is 0.353. The van der Waals surface area contributed by atoms with E-state index in [-0.39, 0.29) is 5.91 Å². The zero-order valence-corrected chi connectivity index (χ0v) is 12.6. The van der Waals surface area contributed by atoms with Crippen LogP contribution in [0.3, 0.4) is 0 Å². The molecule has 0 saturated carbocycles. The summed E-state index contributed by atoms with van der Waals surface area (Å²) in [6, 6.07) is 12.1. The number of aryl methyl sites for hydroxylation is 1. The highest BCUT2D eigenvalue weighted by molar-refractivity contribution is 5.92. The first-order valence-corrected chi connectivity index (χ1v) is 7.34. The summed E-state index contributed by atoms with van der Waals surface area (Å²) >= 11 is 0. The first kappa shape index (κ1) is 15.2. The molecule has 0 unspecified atom stereocenters. The molecule has 0 radical (unpaired) electrons. The number of para-hydroxylation sites is 1. The summed E-state index contributed by atoms with van der Waals surface area (Å²) in [7, 11) is 0.